The number of hydrogen-bond donors (Lipinski definition) is 1. The van der Waals surface area contributed by atoms with Gasteiger partial charge >= 0.3 is 0 Å². The summed E-state index contributed by atoms with van der Waals surface area (Å²) in [5, 5.41) is 3.59. The van der Waals surface area contributed by atoms with E-state index in [1.165, 1.54) is 11.1 Å². The fraction of sp³-hybridized carbons (Fsp3) is 0.0500. The summed E-state index contributed by atoms with van der Waals surface area (Å²) in [5.74, 6) is 0. The van der Waals surface area contributed by atoms with Gasteiger partial charge in [0, 0.05) is 11.3 Å². The predicted molar refractivity (Wildman–Crippen MR) is 91.9 cm³/mol. The zero-order chi connectivity index (χ0) is 14.8. The summed E-state index contributed by atoms with van der Waals surface area (Å²) in [6, 6.07) is 29.0. The molecule has 0 saturated heterocycles. The topological polar surface area (TPSA) is 24.4 Å². The molecular formula is C20H16N2. The monoisotopic (exact) mass is 284 g/mol. The standard InChI is InChI=1S/C20H16N2/c1-3-9-15(10-4-1)19-20(21-16-11-5-2-6-12-16)17-13-7-8-14-18(17)22-19/h1-14,19,22H. The van der Waals surface area contributed by atoms with Crippen molar-refractivity contribution in [1.29, 1.82) is 0 Å². The zero-order valence-corrected chi connectivity index (χ0v) is 12.1. The zero-order valence-electron chi connectivity index (χ0n) is 12.1. The maximum absolute atomic E-state index is 4.91. The Morgan fingerprint density at radius 2 is 1.32 bits per heavy atom. The second-order valence-corrected chi connectivity index (χ2v) is 5.37. The van der Waals surface area contributed by atoms with Crippen molar-refractivity contribution in [3.8, 4) is 0 Å². The molecule has 1 aliphatic heterocycles. The van der Waals surface area contributed by atoms with E-state index in [1.54, 1.807) is 0 Å². The molecule has 2 nitrogen and oxygen atoms in total. The Hall–Kier alpha value is -2.87. The molecule has 4 rings (SSSR count). The third-order valence-corrected chi connectivity index (χ3v) is 3.91. The molecule has 1 atom stereocenters. The minimum absolute atomic E-state index is 0.0961. The lowest BCUT2D eigenvalue weighted by Crippen LogP contribution is -2.13. The first-order chi connectivity index (χ1) is 10.9. The van der Waals surface area contributed by atoms with Crippen LogP contribution in [0.15, 0.2) is 89.9 Å². The van der Waals surface area contributed by atoms with E-state index in [0.29, 0.717) is 0 Å². The Morgan fingerprint density at radius 3 is 2.09 bits per heavy atom. The number of nitrogens with zero attached hydrogens (tertiary/aromatic N) is 1. The third kappa shape index (κ3) is 2.29. The number of rotatable bonds is 2. The van der Waals surface area contributed by atoms with Crippen molar-refractivity contribution in [2.24, 2.45) is 4.99 Å². The first-order valence-electron chi connectivity index (χ1n) is 7.46. The number of benzene rings is 3. The van der Waals surface area contributed by atoms with E-state index in [-0.39, 0.29) is 6.04 Å². The van der Waals surface area contributed by atoms with Gasteiger partial charge < -0.3 is 5.32 Å². The van der Waals surface area contributed by atoms with Crippen LogP contribution in [0.4, 0.5) is 11.4 Å². The first kappa shape index (κ1) is 12.8. The second-order valence-electron chi connectivity index (χ2n) is 5.37. The molecule has 1 heterocycles. The van der Waals surface area contributed by atoms with Crippen molar-refractivity contribution in [3.05, 3.63) is 96.1 Å². The second kappa shape index (κ2) is 5.49. The van der Waals surface area contributed by atoms with Crippen LogP contribution in [0.1, 0.15) is 17.2 Å². The summed E-state index contributed by atoms with van der Waals surface area (Å²) in [6.45, 7) is 0. The summed E-state index contributed by atoms with van der Waals surface area (Å²) in [6.07, 6.45) is 0. The summed E-state index contributed by atoms with van der Waals surface area (Å²) in [7, 11) is 0. The van der Waals surface area contributed by atoms with E-state index in [1.807, 2.05) is 36.4 Å². The molecule has 0 aliphatic carbocycles. The number of fused-ring (bicyclic) bond motifs is 1. The summed E-state index contributed by atoms with van der Waals surface area (Å²) in [4.78, 5) is 4.91. The van der Waals surface area contributed by atoms with E-state index >= 15 is 0 Å². The van der Waals surface area contributed by atoms with E-state index in [9.17, 15) is 0 Å². The van der Waals surface area contributed by atoms with Gasteiger partial charge in [-0.15, -0.1) is 0 Å². The molecule has 1 aliphatic rings. The molecule has 3 aromatic rings. The van der Waals surface area contributed by atoms with Crippen molar-refractivity contribution in [3.63, 3.8) is 0 Å². The Labute approximate surface area is 130 Å². The lowest BCUT2D eigenvalue weighted by atomic mass is 10.0. The van der Waals surface area contributed by atoms with Gasteiger partial charge in [-0.2, -0.15) is 0 Å². The highest BCUT2D eigenvalue weighted by Crippen LogP contribution is 2.35. The van der Waals surface area contributed by atoms with Crippen molar-refractivity contribution in [2.45, 2.75) is 6.04 Å². The Morgan fingerprint density at radius 1 is 0.682 bits per heavy atom. The lowest BCUT2D eigenvalue weighted by molar-refractivity contribution is 1.07. The van der Waals surface area contributed by atoms with E-state index in [2.05, 4.69) is 53.8 Å². The number of nitrogens with one attached hydrogen (secondary N) is 1. The average molecular weight is 284 g/mol. The van der Waals surface area contributed by atoms with Crippen molar-refractivity contribution >= 4 is 17.1 Å². The minimum Gasteiger partial charge on any atom is -0.372 e. The molecule has 0 fully saturated rings. The van der Waals surface area contributed by atoms with Crippen LogP contribution in [0.25, 0.3) is 0 Å². The van der Waals surface area contributed by atoms with Crippen LogP contribution in [0.2, 0.25) is 0 Å². The van der Waals surface area contributed by atoms with E-state index in [4.69, 9.17) is 4.99 Å². The largest absolute Gasteiger partial charge is 0.372 e. The molecule has 0 radical (unpaired) electrons. The molecular weight excluding hydrogens is 268 g/mol. The maximum Gasteiger partial charge on any atom is 0.0947 e. The molecule has 106 valence electrons. The Kier molecular flexibility index (Phi) is 3.20. The summed E-state index contributed by atoms with van der Waals surface area (Å²) >= 11 is 0. The van der Waals surface area contributed by atoms with Crippen LogP contribution < -0.4 is 5.32 Å². The molecule has 1 unspecified atom stereocenters. The van der Waals surface area contributed by atoms with Crippen LogP contribution in [-0.2, 0) is 0 Å². The van der Waals surface area contributed by atoms with Gasteiger partial charge in [-0.1, -0.05) is 66.7 Å². The van der Waals surface area contributed by atoms with Gasteiger partial charge in [-0.25, -0.2) is 0 Å². The van der Waals surface area contributed by atoms with Gasteiger partial charge in [-0.05, 0) is 23.8 Å². The van der Waals surface area contributed by atoms with Crippen LogP contribution in [0.5, 0.6) is 0 Å². The van der Waals surface area contributed by atoms with Crippen molar-refractivity contribution in [2.75, 3.05) is 5.32 Å². The molecule has 0 aromatic heterocycles. The van der Waals surface area contributed by atoms with Gasteiger partial charge in [0.05, 0.1) is 17.4 Å². The SMILES string of the molecule is c1ccc(N=C2c3ccccc3NC2c2ccccc2)cc1. The molecule has 0 saturated carbocycles. The number of hydrogen-bond acceptors (Lipinski definition) is 2. The Bertz CT molecular complexity index is 807. The van der Waals surface area contributed by atoms with Crippen LogP contribution in [-0.4, -0.2) is 5.71 Å². The molecule has 2 heteroatoms. The maximum atomic E-state index is 4.91. The van der Waals surface area contributed by atoms with Gasteiger partial charge in [0.25, 0.3) is 0 Å². The van der Waals surface area contributed by atoms with Crippen molar-refractivity contribution in [1.82, 2.24) is 0 Å². The fourth-order valence-corrected chi connectivity index (χ4v) is 2.86. The van der Waals surface area contributed by atoms with Crippen LogP contribution in [0, 0.1) is 0 Å². The highest BCUT2D eigenvalue weighted by atomic mass is 15.0. The molecule has 1 N–H and O–H groups in total. The highest BCUT2D eigenvalue weighted by molar-refractivity contribution is 6.14. The molecule has 22 heavy (non-hydrogen) atoms. The summed E-state index contributed by atoms with van der Waals surface area (Å²) in [5.41, 5.74) is 5.62. The highest BCUT2D eigenvalue weighted by Gasteiger charge is 2.28. The van der Waals surface area contributed by atoms with Gasteiger partial charge in [0.1, 0.15) is 0 Å². The van der Waals surface area contributed by atoms with Crippen molar-refractivity contribution < 1.29 is 0 Å². The van der Waals surface area contributed by atoms with Gasteiger partial charge in [0.2, 0.25) is 0 Å². The number of para-hydroxylation sites is 2. The molecule has 3 aromatic carbocycles. The third-order valence-electron chi connectivity index (χ3n) is 3.91. The predicted octanol–water partition coefficient (Wildman–Crippen LogP) is 4.97. The average Bonchev–Trinajstić information content (AvgIpc) is 2.95. The quantitative estimate of drug-likeness (QED) is 0.705. The van der Waals surface area contributed by atoms with Gasteiger partial charge in [0.15, 0.2) is 0 Å². The first-order valence-corrected chi connectivity index (χ1v) is 7.46. The normalized spacial score (nSPS) is 18.0. The smallest absolute Gasteiger partial charge is 0.0947 e. The van der Waals surface area contributed by atoms with E-state index in [0.717, 1.165) is 17.1 Å². The lowest BCUT2D eigenvalue weighted by Gasteiger charge is -2.13. The molecule has 0 bridgehead atoms. The van der Waals surface area contributed by atoms with Crippen LogP contribution in [0.3, 0.4) is 0 Å². The van der Waals surface area contributed by atoms with E-state index < -0.39 is 0 Å². The number of aliphatic imine (C=N–C) groups is 1. The molecule has 0 amide bonds. The Balaban J connectivity index is 1.85. The fourth-order valence-electron chi connectivity index (χ4n) is 2.86. The van der Waals surface area contributed by atoms with Gasteiger partial charge in [-0.3, -0.25) is 4.99 Å². The minimum atomic E-state index is 0.0961. The summed E-state index contributed by atoms with van der Waals surface area (Å²) < 4.78 is 0. The number of anilines is 1. The van der Waals surface area contributed by atoms with Crippen LogP contribution >= 0.6 is 0 Å². The molecule has 0 spiro atoms.